The molecule has 3 aromatic carbocycles. The number of carboxylic acid groups (broad SMARTS) is 1. The molecule has 1 atom stereocenters. The Hall–Kier alpha value is -4.13. The minimum atomic E-state index is -1.21. The summed E-state index contributed by atoms with van der Waals surface area (Å²) in [5, 5.41) is 12.0. The lowest BCUT2D eigenvalue weighted by Gasteiger charge is -2.17. The molecule has 1 aliphatic carbocycles. The van der Waals surface area contributed by atoms with Crippen molar-refractivity contribution < 1.29 is 29.0 Å². The molecule has 0 spiro atoms. The number of hydrogen-bond donors (Lipinski definition) is 2. The largest absolute Gasteiger partial charge is 0.480 e. The summed E-state index contributed by atoms with van der Waals surface area (Å²) in [6, 6.07) is 21.1. The lowest BCUT2D eigenvalue weighted by atomic mass is 9.98. The molecule has 2 N–H and O–H groups in total. The first-order chi connectivity index (χ1) is 16.0. The Bertz CT molecular complexity index is 1160. The van der Waals surface area contributed by atoms with Crippen LogP contribution in [0.1, 0.15) is 33.0 Å². The number of rotatable bonds is 7. The molecule has 1 aliphatic rings. The summed E-state index contributed by atoms with van der Waals surface area (Å²) in [5.74, 6) is -1.84. The number of amides is 1. The minimum absolute atomic E-state index is 0.00956. The fourth-order valence-corrected chi connectivity index (χ4v) is 4.16. The van der Waals surface area contributed by atoms with Crippen molar-refractivity contribution >= 4 is 18.0 Å². The van der Waals surface area contributed by atoms with Gasteiger partial charge in [-0.25, -0.2) is 14.4 Å². The molecule has 7 heteroatoms. The fourth-order valence-electron chi connectivity index (χ4n) is 4.16. The van der Waals surface area contributed by atoms with Crippen molar-refractivity contribution in [3.05, 3.63) is 95.1 Å². The number of fused-ring (bicyclic) bond motifs is 3. The molecule has 7 nitrogen and oxygen atoms in total. The molecule has 0 heterocycles. The van der Waals surface area contributed by atoms with Crippen molar-refractivity contribution in [2.75, 3.05) is 13.7 Å². The number of hydrogen-bond acceptors (Lipinski definition) is 5. The van der Waals surface area contributed by atoms with E-state index in [-0.39, 0.29) is 18.9 Å². The zero-order valence-corrected chi connectivity index (χ0v) is 18.0. The van der Waals surface area contributed by atoms with Crippen molar-refractivity contribution in [1.82, 2.24) is 5.32 Å². The van der Waals surface area contributed by atoms with Crippen LogP contribution in [0, 0.1) is 0 Å². The van der Waals surface area contributed by atoms with Gasteiger partial charge in [0.25, 0.3) is 0 Å². The summed E-state index contributed by atoms with van der Waals surface area (Å²) in [5.41, 5.74) is 5.23. The number of nitrogens with one attached hydrogen (secondary N) is 1. The number of benzene rings is 3. The van der Waals surface area contributed by atoms with Crippen LogP contribution in [0.2, 0.25) is 0 Å². The molecule has 168 valence electrons. The molecule has 0 fully saturated rings. The van der Waals surface area contributed by atoms with Crippen LogP contribution >= 0.6 is 0 Å². The second-order valence-electron chi connectivity index (χ2n) is 7.76. The molecular formula is C26H23NO6. The summed E-state index contributed by atoms with van der Waals surface area (Å²) in [6.07, 6.45) is -0.821. The molecular weight excluding hydrogens is 422 g/mol. The van der Waals surface area contributed by atoms with Gasteiger partial charge in [0.15, 0.2) is 0 Å². The summed E-state index contributed by atoms with van der Waals surface area (Å²) in [7, 11) is 1.27. The summed E-state index contributed by atoms with van der Waals surface area (Å²) < 4.78 is 10.1. The smallest absolute Gasteiger partial charge is 0.407 e. The zero-order chi connectivity index (χ0) is 23.4. The van der Waals surface area contributed by atoms with Gasteiger partial charge in [-0.3, -0.25) is 0 Å². The Morgan fingerprint density at radius 1 is 0.939 bits per heavy atom. The van der Waals surface area contributed by atoms with Crippen molar-refractivity contribution in [3.63, 3.8) is 0 Å². The van der Waals surface area contributed by atoms with E-state index in [9.17, 15) is 19.5 Å². The second-order valence-corrected chi connectivity index (χ2v) is 7.76. The number of methoxy groups -OCH3 is 1. The first-order valence-electron chi connectivity index (χ1n) is 10.5. The van der Waals surface area contributed by atoms with Crippen LogP contribution in [-0.2, 0) is 20.7 Å². The van der Waals surface area contributed by atoms with Gasteiger partial charge in [-0.15, -0.1) is 0 Å². The standard InChI is InChI=1S/C26H23NO6/c1-32-25(30)17-8-6-7-16(13-17)14-23(24(28)29)27-26(31)33-15-22-20-11-4-2-9-18(20)19-10-3-5-12-21(19)22/h2-13,22-23H,14-15H2,1H3,(H,27,31)(H,28,29). The van der Waals surface area contributed by atoms with Crippen molar-refractivity contribution in [2.24, 2.45) is 0 Å². The Labute approximate surface area is 191 Å². The van der Waals surface area contributed by atoms with Crippen LogP contribution < -0.4 is 5.32 Å². The number of carboxylic acids is 1. The van der Waals surface area contributed by atoms with Crippen LogP contribution in [0.4, 0.5) is 4.79 Å². The number of ether oxygens (including phenoxy) is 2. The van der Waals surface area contributed by atoms with Gasteiger partial charge in [0, 0.05) is 12.3 Å². The maximum absolute atomic E-state index is 12.5. The molecule has 0 aromatic heterocycles. The third-order valence-corrected chi connectivity index (χ3v) is 5.72. The van der Waals surface area contributed by atoms with E-state index >= 15 is 0 Å². The van der Waals surface area contributed by atoms with E-state index in [1.165, 1.54) is 7.11 Å². The monoisotopic (exact) mass is 445 g/mol. The number of alkyl carbamates (subject to hydrolysis) is 1. The summed E-state index contributed by atoms with van der Waals surface area (Å²) >= 11 is 0. The maximum Gasteiger partial charge on any atom is 0.407 e. The molecule has 1 unspecified atom stereocenters. The molecule has 3 aromatic rings. The highest BCUT2D eigenvalue weighted by molar-refractivity contribution is 5.89. The van der Waals surface area contributed by atoms with E-state index in [2.05, 4.69) is 5.32 Å². The Morgan fingerprint density at radius 3 is 2.18 bits per heavy atom. The van der Waals surface area contributed by atoms with E-state index in [0.717, 1.165) is 22.3 Å². The molecule has 0 saturated heterocycles. The lowest BCUT2D eigenvalue weighted by Crippen LogP contribution is -2.42. The van der Waals surface area contributed by atoms with Crippen molar-refractivity contribution in [2.45, 2.75) is 18.4 Å². The molecule has 0 radical (unpaired) electrons. The average molecular weight is 445 g/mol. The fraction of sp³-hybridized carbons (Fsp3) is 0.192. The Morgan fingerprint density at radius 2 is 1.58 bits per heavy atom. The van der Waals surface area contributed by atoms with Crippen LogP contribution in [0.5, 0.6) is 0 Å². The quantitative estimate of drug-likeness (QED) is 0.533. The number of carbonyl (C=O) groups is 3. The van der Waals surface area contributed by atoms with Gasteiger partial charge in [0.1, 0.15) is 12.6 Å². The molecule has 4 rings (SSSR count). The van der Waals surface area contributed by atoms with Crippen LogP contribution in [0.3, 0.4) is 0 Å². The highest BCUT2D eigenvalue weighted by Crippen LogP contribution is 2.44. The highest BCUT2D eigenvalue weighted by Gasteiger charge is 2.29. The molecule has 0 aliphatic heterocycles. The zero-order valence-electron chi connectivity index (χ0n) is 18.0. The topological polar surface area (TPSA) is 102 Å². The number of aliphatic carboxylic acids is 1. The third kappa shape index (κ3) is 4.72. The molecule has 33 heavy (non-hydrogen) atoms. The van der Waals surface area contributed by atoms with Gasteiger partial charge in [-0.1, -0.05) is 60.7 Å². The molecule has 1 amide bonds. The first-order valence-corrected chi connectivity index (χ1v) is 10.5. The Balaban J connectivity index is 1.42. The third-order valence-electron chi connectivity index (χ3n) is 5.72. The van der Waals surface area contributed by atoms with Crippen molar-refractivity contribution in [1.29, 1.82) is 0 Å². The first kappa shape index (κ1) is 22.1. The predicted molar refractivity (Wildman–Crippen MR) is 121 cm³/mol. The van der Waals surface area contributed by atoms with Crippen LogP contribution in [-0.4, -0.2) is 42.9 Å². The maximum atomic E-state index is 12.5. The van der Waals surface area contributed by atoms with Gasteiger partial charge in [-0.05, 0) is 39.9 Å². The van der Waals surface area contributed by atoms with E-state index < -0.39 is 24.1 Å². The van der Waals surface area contributed by atoms with Gasteiger partial charge in [0.2, 0.25) is 0 Å². The highest BCUT2D eigenvalue weighted by atomic mass is 16.5. The van der Waals surface area contributed by atoms with E-state index in [1.807, 2.05) is 48.5 Å². The number of carbonyl (C=O) groups excluding carboxylic acids is 2. The normalized spacial score (nSPS) is 12.9. The summed E-state index contributed by atoms with van der Waals surface area (Å²) in [4.78, 5) is 35.9. The SMILES string of the molecule is COC(=O)c1cccc(CC(NC(=O)OCC2c3ccccc3-c3ccccc32)C(=O)O)c1. The van der Waals surface area contributed by atoms with E-state index in [0.29, 0.717) is 11.1 Å². The molecule has 0 bridgehead atoms. The van der Waals surface area contributed by atoms with Crippen LogP contribution in [0.15, 0.2) is 72.8 Å². The van der Waals surface area contributed by atoms with Crippen LogP contribution in [0.25, 0.3) is 11.1 Å². The Kier molecular flexibility index (Phi) is 6.40. The van der Waals surface area contributed by atoms with E-state index in [4.69, 9.17) is 9.47 Å². The predicted octanol–water partition coefficient (Wildman–Crippen LogP) is 4.01. The lowest BCUT2D eigenvalue weighted by molar-refractivity contribution is -0.139. The van der Waals surface area contributed by atoms with E-state index in [1.54, 1.807) is 24.3 Å². The van der Waals surface area contributed by atoms with Gasteiger partial charge >= 0.3 is 18.0 Å². The van der Waals surface area contributed by atoms with Gasteiger partial charge < -0.3 is 19.9 Å². The van der Waals surface area contributed by atoms with Crippen molar-refractivity contribution in [3.8, 4) is 11.1 Å². The summed E-state index contributed by atoms with van der Waals surface area (Å²) in [6.45, 7) is 0.0873. The van der Waals surface area contributed by atoms with Gasteiger partial charge in [-0.2, -0.15) is 0 Å². The average Bonchev–Trinajstić information content (AvgIpc) is 3.15. The minimum Gasteiger partial charge on any atom is -0.480 e. The van der Waals surface area contributed by atoms with Gasteiger partial charge in [0.05, 0.1) is 12.7 Å². The number of esters is 1. The second kappa shape index (κ2) is 9.56. The molecule has 0 saturated carbocycles.